The van der Waals surface area contributed by atoms with E-state index in [1.807, 2.05) is 0 Å². The van der Waals surface area contributed by atoms with E-state index >= 15 is 0 Å². The minimum absolute atomic E-state index is 0.105. The van der Waals surface area contributed by atoms with Crippen LogP contribution in [-0.2, 0) is 14.8 Å². The largest absolute Gasteiger partial charge is 0.375 e. The van der Waals surface area contributed by atoms with E-state index in [0.717, 1.165) is 45.3 Å². The molecule has 0 amide bonds. The minimum atomic E-state index is -3.11. The van der Waals surface area contributed by atoms with E-state index in [0.29, 0.717) is 12.0 Å². The summed E-state index contributed by atoms with van der Waals surface area (Å²) >= 11 is 0. The Hall–Kier alpha value is -0.170. The van der Waals surface area contributed by atoms with Gasteiger partial charge in [-0.05, 0) is 57.4 Å². The van der Waals surface area contributed by atoms with Crippen molar-refractivity contribution in [2.24, 2.45) is 5.92 Å². The van der Waals surface area contributed by atoms with Gasteiger partial charge in [0, 0.05) is 18.7 Å². The zero-order chi connectivity index (χ0) is 15.6. The van der Waals surface area contributed by atoms with Crippen LogP contribution in [0.5, 0.6) is 0 Å². The first-order valence-electron chi connectivity index (χ1n) is 8.80. The Morgan fingerprint density at radius 2 is 1.91 bits per heavy atom. The molecule has 2 aliphatic carbocycles. The average Bonchev–Trinajstić information content (AvgIpc) is 2.43. The summed E-state index contributed by atoms with van der Waals surface area (Å²) < 4.78 is 31.9. The third-order valence-electron chi connectivity index (χ3n) is 5.70. The fraction of sp³-hybridized carbons (Fsp3) is 1.00. The van der Waals surface area contributed by atoms with Crippen molar-refractivity contribution in [3.63, 3.8) is 0 Å². The molecule has 0 aromatic carbocycles. The van der Waals surface area contributed by atoms with Gasteiger partial charge in [0.25, 0.3) is 0 Å². The lowest BCUT2D eigenvalue weighted by Gasteiger charge is -2.47. The molecule has 128 valence electrons. The first kappa shape index (κ1) is 16.7. The van der Waals surface area contributed by atoms with Crippen LogP contribution in [0.4, 0.5) is 0 Å². The molecule has 0 bridgehead atoms. The van der Waals surface area contributed by atoms with E-state index in [4.69, 9.17) is 4.74 Å². The Morgan fingerprint density at radius 1 is 1.14 bits per heavy atom. The van der Waals surface area contributed by atoms with Crippen LogP contribution in [0.25, 0.3) is 0 Å². The van der Waals surface area contributed by atoms with Crippen LogP contribution in [0.3, 0.4) is 0 Å². The van der Waals surface area contributed by atoms with Gasteiger partial charge in [-0.1, -0.05) is 12.8 Å². The van der Waals surface area contributed by atoms with Crippen molar-refractivity contribution in [1.29, 1.82) is 0 Å². The molecule has 0 unspecified atom stereocenters. The SMILES string of the molecule is CS(=O)(=O)N[C@@H]1CCCC[C@H]1CN[C@H]1CCOC2(CCC2)C1. The average molecular weight is 330 g/mol. The Kier molecular flexibility index (Phi) is 5.12. The van der Waals surface area contributed by atoms with Gasteiger partial charge in [-0.15, -0.1) is 0 Å². The van der Waals surface area contributed by atoms with Crippen molar-refractivity contribution >= 4 is 10.0 Å². The molecule has 0 radical (unpaired) electrons. The van der Waals surface area contributed by atoms with E-state index < -0.39 is 10.0 Å². The molecular weight excluding hydrogens is 300 g/mol. The van der Waals surface area contributed by atoms with Crippen molar-refractivity contribution in [3.8, 4) is 0 Å². The van der Waals surface area contributed by atoms with Crippen molar-refractivity contribution in [2.75, 3.05) is 19.4 Å². The standard InChI is InChI=1S/C16H30N2O3S/c1-22(19,20)18-15-6-3-2-5-13(15)12-17-14-7-10-21-16(11-14)8-4-9-16/h13-15,17-18H,2-12H2,1H3/t13-,14-,15+/m0/s1. The molecule has 0 aromatic rings. The van der Waals surface area contributed by atoms with Gasteiger partial charge < -0.3 is 10.1 Å². The van der Waals surface area contributed by atoms with E-state index in [9.17, 15) is 8.42 Å². The molecule has 3 fully saturated rings. The molecular formula is C16H30N2O3S. The lowest BCUT2D eigenvalue weighted by Crippen LogP contribution is -2.53. The van der Waals surface area contributed by atoms with Gasteiger partial charge in [-0.2, -0.15) is 0 Å². The summed E-state index contributed by atoms with van der Waals surface area (Å²) in [7, 11) is -3.11. The molecule has 1 aliphatic heterocycles. The molecule has 6 heteroatoms. The molecule has 1 heterocycles. The summed E-state index contributed by atoms with van der Waals surface area (Å²) in [5.74, 6) is 0.420. The predicted molar refractivity (Wildman–Crippen MR) is 87.3 cm³/mol. The van der Waals surface area contributed by atoms with Gasteiger partial charge in [0.2, 0.25) is 10.0 Å². The molecule has 2 saturated carbocycles. The van der Waals surface area contributed by atoms with E-state index in [2.05, 4.69) is 10.0 Å². The fourth-order valence-corrected chi connectivity index (χ4v) is 5.18. The fourth-order valence-electron chi connectivity index (χ4n) is 4.32. The second-order valence-electron chi connectivity index (χ2n) is 7.52. The number of rotatable bonds is 5. The highest BCUT2D eigenvalue weighted by molar-refractivity contribution is 7.88. The topological polar surface area (TPSA) is 67.4 Å². The highest BCUT2D eigenvalue weighted by atomic mass is 32.2. The van der Waals surface area contributed by atoms with Crippen LogP contribution >= 0.6 is 0 Å². The molecule has 1 spiro atoms. The molecule has 3 aliphatic rings. The quantitative estimate of drug-likeness (QED) is 0.806. The first-order valence-corrected chi connectivity index (χ1v) is 10.7. The second kappa shape index (κ2) is 6.75. The maximum absolute atomic E-state index is 11.5. The van der Waals surface area contributed by atoms with Crippen LogP contribution in [0.15, 0.2) is 0 Å². The number of hydrogen-bond donors (Lipinski definition) is 2. The highest BCUT2D eigenvalue weighted by Gasteiger charge is 2.42. The smallest absolute Gasteiger partial charge is 0.208 e. The van der Waals surface area contributed by atoms with Crippen LogP contribution in [0.2, 0.25) is 0 Å². The van der Waals surface area contributed by atoms with Gasteiger partial charge in [0.1, 0.15) is 0 Å². The summed E-state index contributed by atoms with van der Waals surface area (Å²) in [4.78, 5) is 0. The Balaban J connectivity index is 1.50. The van der Waals surface area contributed by atoms with Crippen LogP contribution < -0.4 is 10.0 Å². The van der Waals surface area contributed by atoms with Crippen molar-refractivity contribution in [3.05, 3.63) is 0 Å². The van der Waals surface area contributed by atoms with Gasteiger partial charge in [0.05, 0.1) is 11.9 Å². The summed E-state index contributed by atoms with van der Waals surface area (Å²) in [5, 5.41) is 3.72. The molecule has 5 nitrogen and oxygen atoms in total. The highest BCUT2D eigenvalue weighted by Crippen LogP contribution is 2.42. The number of sulfonamides is 1. The third-order valence-corrected chi connectivity index (χ3v) is 6.43. The minimum Gasteiger partial charge on any atom is -0.375 e. The van der Waals surface area contributed by atoms with E-state index in [1.54, 1.807) is 0 Å². The summed E-state index contributed by atoms with van der Waals surface area (Å²) in [6, 6.07) is 0.642. The third kappa shape index (κ3) is 4.22. The zero-order valence-electron chi connectivity index (χ0n) is 13.6. The molecule has 0 aromatic heterocycles. The Labute approximate surface area is 134 Å². The molecule has 22 heavy (non-hydrogen) atoms. The van der Waals surface area contributed by atoms with Crippen molar-refractivity contribution in [1.82, 2.24) is 10.0 Å². The summed E-state index contributed by atoms with van der Waals surface area (Å²) in [5.41, 5.74) is 0.174. The van der Waals surface area contributed by atoms with Crippen LogP contribution in [0.1, 0.15) is 57.8 Å². The lowest BCUT2D eigenvalue weighted by molar-refractivity contribution is -0.135. The van der Waals surface area contributed by atoms with Crippen LogP contribution in [-0.4, -0.2) is 45.5 Å². The van der Waals surface area contributed by atoms with Gasteiger partial charge in [-0.3, -0.25) is 0 Å². The predicted octanol–water partition coefficient (Wildman–Crippen LogP) is 1.79. The Bertz CT molecular complexity index is 476. The van der Waals surface area contributed by atoms with Crippen molar-refractivity contribution in [2.45, 2.75) is 75.5 Å². The second-order valence-corrected chi connectivity index (χ2v) is 9.30. The zero-order valence-corrected chi connectivity index (χ0v) is 14.5. The first-order chi connectivity index (χ1) is 10.5. The monoisotopic (exact) mass is 330 g/mol. The summed E-state index contributed by atoms with van der Waals surface area (Å²) in [6.45, 7) is 1.79. The number of hydrogen-bond acceptors (Lipinski definition) is 4. The van der Waals surface area contributed by atoms with Crippen LogP contribution in [0, 0.1) is 5.92 Å². The van der Waals surface area contributed by atoms with Gasteiger partial charge in [-0.25, -0.2) is 13.1 Å². The number of ether oxygens (including phenoxy) is 1. The normalized spacial score (nSPS) is 35.2. The maximum atomic E-state index is 11.5. The maximum Gasteiger partial charge on any atom is 0.208 e. The molecule has 3 atom stereocenters. The van der Waals surface area contributed by atoms with Gasteiger partial charge >= 0.3 is 0 Å². The molecule has 2 N–H and O–H groups in total. The molecule has 3 rings (SSSR count). The van der Waals surface area contributed by atoms with Gasteiger partial charge in [0.15, 0.2) is 0 Å². The molecule has 1 saturated heterocycles. The lowest BCUT2D eigenvalue weighted by atomic mass is 9.74. The number of nitrogens with one attached hydrogen (secondary N) is 2. The van der Waals surface area contributed by atoms with Crippen molar-refractivity contribution < 1.29 is 13.2 Å². The van der Waals surface area contributed by atoms with E-state index in [-0.39, 0.29) is 11.6 Å². The van der Waals surface area contributed by atoms with E-state index in [1.165, 1.54) is 31.9 Å². The summed E-state index contributed by atoms with van der Waals surface area (Å²) in [6.07, 6.45) is 11.6. The Morgan fingerprint density at radius 3 is 2.59 bits per heavy atom.